The van der Waals surface area contributed by atoms with E-state index in [4.69, 9.17) is 5.11 Å². The number of benzene rings is 1. The first-order valence-corrected chi connectivity index (χ1v) is 3.76. The molecule has 0 bridgehead atoms. The molecule has 0 radical (unpaired) electrons. The maximum atomic E-state index is 12.8. The van der Waals surface area contributed by atoms with Gasteiger partial charge in [-0.15, -0.1) is 0 Å². The minimum atomic E-state index is -1.04. The van der Waals surface area contributed by atoms with Crippen LogP contribution in [0.5, 0.6) is 0 Å². The first kappa shape index (κ1) is 9.45. The molecule has 68 valence electrons. The fourth-order valence-corrected chi connectivity index (χ4v) is 1.03. The third-order valence-electron chi connectivity index (χ3n) is 1.48. The Labute approximate surface area is 75.3 Å². The third-order valence-corrected chi connectivity index (χ3v) is 1.48. The summed E-state index contributed by atoms with van der Waals surface area (Å²) < 4.78 is 12.8. The van der Waals surface area contributed by atoms with Crippen molar-refractivity contribution >= 4 is 12.0 Å². The summed E-state index contributed by atoms with van der Waals surface area (Å²) in [4.78, 5) is 10.2. The number of rotatable bonds is 2. The van der Waals surface area contributed by atoms with Gasteiger partial charge >= 0.3 is 5.97 Å². The fourth-order valence-electron chi connectivity index (χ4n) is 1.03. The minimum Gasteiger partial charge on any atom is -0.478 e. The molecule has 0 aliphatic heterocycles. The molecule has 2 nitrogen and oxygen atoms in total. The highest BCUT2D eigenvalue weighted by Crippen LogP contribution is 2.09. The van der Waals surface area contributed by atoms with Crippen molar-refractivity contribution in [2.24, 2.45) is 0 Å². The molecule has 0 aliphatic rings. The molecule has 3 heteroatoms. The van der Waals surface area contributed by atoms with E-state index in [0.29, 0.717) is 5.56 Å². The van der Waals surface area contributed by atoms with Gasteiger partial charge in [-0.1, -0.05) is 6.07 Å². The zero-order chi connectivity index (χ0) is 9.84. The first-order valence-electron chi connectivity index (χ1n) is 3.76. The van der Waals surface area contributed by atoms with Crippen LogP contribution in [0.3, 0.4) is 0 Å². The van der Waals surface area contributed by atoms with Crippen LogP contribution in [0.25, 0.3) is 6.08 Å². The Hall–Kier alpha value is -1.64. The van der Waals surface area contributed by atoms with Crippen LogP contribution in [-0.4, -0.2) is 11.1 Å². The fraction of sp³-hybridized carbons (Fsp3) is 0.100. The van der Waals surface area contributed by atoms with E-state index in [-0.39, 0.29) is 5.82 Å². The molecule has 1 aromatic rings. The Morgan fingerprint density at radius 1 is 1.46 bits per heavy atom. The molecule has 0 spiro atoms. The number of carboxylic acid groups (broad SMARTS) is 1. The molecule has 1 rings (SSSR count). The number of carboxylic acids is 1. The van der Waals surface area contributed by atoms with Crippen LogP contribution < -0.4 is 0 Å². The number of halogens is 1. The second kappa shape index (κ2) is 3.85. The van der Waals surface area contributed by atoms with Gasteiger partial charge in [0.15, 0.2) is 0 Å². The first-order chi connectivity index (χ1) is 6.08. The molecule has 0 heterocycles. The Balaban J connectivity index is 2.95. The molecule has 13 heavy (non-hydrogen) atoms. The van der Waals surface area contributed by atoms with E-state index in [1.165, 1.54) is 18.2 Å². The quantitative estimate of drug-likeness (QED) is 0.708. The number of hydrogen-bond acceptors (Lipinski definition) is 1. The second-order valence-electron chi connectivity index (χ2n) is 2.73. The average Bonchev–Trinajstić information content (AvgIpc) is 1.99. The Morgan fingerprint density at radius 2 is 2.15 bits per heavy atom. The van der Waals surface area contributed by atoms with Crippen LogP contribution in [0.4, 0.5) is 4.39 Å². The van der Waals surface area contributed by atoms with Crippen LogP contribution in [0, 0.1) is 12.7 Å². The van der Waals surface area contributed by atoms with Gasteiger partial charge in [-0.25, -0.2) is 9.18 Å². The standard InChI is InChI=1S/C10H9FO2/c1-7-4-8(2-3-10(12)13)6-9(11)5-7/h2-6H,1H3,(H,12,13)/b3-2+. The Morgan fingerprint density at radius 3 is 2.69 bits per heavy atom. The van der Waals surface area contributed by atoms with Crippen molar-refractivity contribution in [1.29, 1.82) is 0 Å². The predicted octanol–water partition coefficient (Wildman–Crippen LogP) is 2.23. The van der Waals surface area contributed by atoms with Crippen molar-refractivity contribution in [3.63, 3.8) is 0 Å². The van der Waals surface area contributed by atoms with Gasteiger partial charge in [0.25, 0.3) is 0 Å². The molecule has 0 amide bonds. The second-order valence-corrected chi connectivity index (χ2v) is 2.73. The maximum absolute atomic E-state index is 12.8. The smallest absolute Gasteiger partial charge is 0.328 e. The van der Waals surface area contributed by atoms with Crippen molar-refractivity contribution < 1.29 is 14.3 Å². The lowest BCUT2D eigenvalue weighted by atomic mass is 10.1. The summed E-state index contributed by atoms with van der Waals surface area (Å²) in [5.41, 5.74) is 1.32. The molecule has 1 aromatic carbocycles. The lowest BCUT2D eigenvalue weighted by Crippen LogP contribution is -1.86. The lowest BCUT2D eigenvalue weighted by molar-refractivity contribution is -0.131. The molecule has 0 saturated carbocycles. The third kappa shape index (κ3) is 3.07. The van der Waals surface area contributed by atoms with E-state index in [1.807, 2.05) is 0 Å². The van der Waals surface area contributed by atoms with Gasteiger partial charge in [-0.05, 0) is 36.3 Å². The van der Waals surface area contributed by atoms with Gasteiger partial charge in [0.1, 0.15) is 5.82 Å². The van der Waals surface area contributed by atoms with Crippen molar-refractivity contribution in [2.45, 2.75) is 6.92 Å². The molecule has 0 aromatic heterocycles. The number of hydrogen-bond donors (Lipinski definition) is 1. The monoisotopic (exact) mass is 180 g/mol. The molecule has 0 atom stereocenters. The van der Waals surface area contributed by atoms with E-state index in [9.17, 15) is 9.18 Å². The summed E-state index contributed by atoms with van der Waals surface area (Å²) in [6, 6.07) is 4.38. The molecule has 0 saturated heterocycles. The summed E-state index contributed by atoms with van der Waals surface area (Å²) in [5, 5.41) is 8.33. The molecule has 0 aliphatic carbocycles. The summed E-state index contributed by atoms with van der Waals surface area (Å²) in [6.07, 6.45) is 2.34. The number of aryl methyl sites for hydroxylation is 1. The van der Waals surface area contributed by atoms with E-state index >= 15 is 0 Å². The van der Waals surface area contributed by atoms with Gasteiger partial charge < -0.3 is 5.11 Å². The lowest BCUT2D eigenvalue weighted by Gasteiger charge is -1.96. The summed E-state index contributed by atoms with van der Waals surface area (Å²) in [7, 11) is 0. The Bertz CT molecular complexity index is 336. The molecule has 0 fully saturated rings. The van der Waals surface area contributed by atoms with Crippen molar-refractivity contribution in [1.82, 2.24) is 0 Å². The van der Waals surface area contributed by atoms with Crippen molar-refractivity contribution in [2.75, 3.05) is 0 Å². The molecule has 0 unspecified atom stereocenters. The van der Waals surface area contributed by atoms with E-state index < -0.39 is 5.97 Å². The van der Waals surface area contributed by atoms with Gasteiger partial charge in [-0.2, -0.15) is 0 Å². The largest absolute Gasteiger partial charge is 0.478 e. The average molecular weight is 180 g/mol. The van der Waals surface area contributed by atoms with Crippen LogP contribution in [0.1, 0.15) is 11.1 Å². The highest BCUT2D eigenvalue weighted by molar-refractivity contribution is 5.85. The van der Waals surface area contributed by atoms with Gasteiger partial charge in [0.2, 0.25) is 0 Å². The van der Waals surface area contributed by atoms with Crippen molar-refractivity contribution in [3.8, 4) is 0 Å². The van der Waals surface area contributed by atoms with Crippen molar-refractivity contribution in [3.05, 3.63) is 41.2 Å². The molecular weight excluding hydrogens is 171 g/mol. The van der Waals surface area contributed by atoms with Gasteiger partial charge in [0, 0.05) is 6.08 Å². The highest BCUT2D eigenvalue weighted by Gasteiger charge is 1.95. The molecule has 1 N–H and O–H groups in total. The highest BCUT2D eigenvalue weighted by atomic mass is 19.1. The topological polar surface area (TPSA) is 37.3 Å². The van der Waals surface area contributed by atoms with E-state index in [2.05, 4.69) is 0 Å². The van der Waals surface area contributed by atoms with Crippen LogP contribution in [0.15, 0.2) is 24.3 Å². The number of aliphatic carboxylic acids is 1. The van der Waals surface area contributed by atoms with Gasteiger partial charge in [0.05, 0.1) is 0 Å². The van der Waals surface area contributed by atoms with Crippen LogP contribution in [0.2, 0.25) is 0 Å². The normalized spacial score (nSPS) is 10.6. The summed E-state index contributed by atoms with van der Waals surface area (Å²) >= 11 is 0. The number of carbonyl (C=O) groups is 1. The zero-order valence-corrected chi connectivity index (χ0v) is 7.12. The van der Waals surface area contributed by atoms with E-state index in [0.717, 1.165) is 11.6 Å². The zero-order valence-electron chi connectivity index (χ0n) is 7.12. The van der Waals surface area contributed by atoms with E-state index in [1.54, 1.807) is 13.0 Å². The SMILES string of the molecule is Cc1cc(F)cc(/C=C/C(=O)O)c1. The molecular formula is C10H9FO2. The maximum Gasteiger partial charge on any atom is 0.328 e. The summed E-state index contributed by atoms with van der Waals surface area (Å²) in [6.45, 7) is 1.75. The van der Waals surface area contributed by atoms with Gasteiger partial charge in [-0.3, -0.25) is 0 Å². The minimum absolute atomic E-state index is 0.356. The van der Waals surface area contributed by atoms with Crippen LogP contribution >= 0.6 is 0 Å². The predicted molar refractivity (Wildman–Crippen MR) is 47.8 cm³/mol. The summed E-state index contributed by atoms with van der Waals surface area (Å²) in [5.74, 6) is -1.40. The Kier molecular flexibility index (Phi) is 2.80. The van der Waals surface area contributed by atoms with Crippen LogP contribution in [-0.2, 0) is 4.79 Å².